The van der Waals surface area contributed by atoms with Gasteiger partial charge in [0.05, 0.1) is 0 Å². The zero-order valence-electron chi connectivity index (χ0n) is 13.0. The third kappa shape index (κ3) is 3.59. The van der Waals surface area contributed by atoms with Gasteiger partial charge >= 0.3 is 5.97 Å². The normalized spacial score (nSPS) is 15.0. The third-order valence-corrected chi connectivity index (χ3v) is 3.59. The first-order valence-corrected chi connectivity index (χ1v) is 7.59. The summed E-state index contributed by atoms with van der Waals surface area (Å²) in [7, 11) is 0. The summed E-state index contributed by atoms with van der Waals surface area (Å²) >= 11 is 0. The highest BCUT2D eigenvalue weighted by Gasteiger charge is 2.28. The minimum Gasteiger partial charge on any atom is -0.448 e. The van der Waals surface area contributed by atoms with Crippen molar-refractivity contribution in [2.75, 3.05) is 0 Å². The highest BCUT2D eigenvalue weighted by molar-refractivity contribution is 5.91. The molecule has 2 aromatic rings. The summed E-state index contributed by atoms with van der Waals surface area (Å²) in [6.45, 7) is 3.19. The molecule has 1 atom stereocenters. The summed E-state index contributed by atoms with van der Waals surface area (Å²) in [5, 5.41) is 2.80. The number of benzene rings is 1. The number of esters is 1. The highest BCUT2D eigenvalue weighted by Crippen LogP contribution is 2.22. The van der Waals surface area contributed by atoms with Crippen LogP contribution in [-0.2, 0) is 9.53 Å². The summed E-state index contributed by atoms with van der Waals surface area (Å²) in [6, 6.07) is 9.50. The van der Waals surface area contributed by atoms with Crippen molar-refractivity contribution in [3.05, 3.63) is 41.8 Å². The first-order chi connectivity index (χ1) is 11.0. The maximum absolute atomic E-state index is 12.2. The van der Waals surface area contributed by atoms with E-state index in [1.54, 1.807) is 13.8 Å². The number of nitrogens with one attached hydrogen (secondary N) is 1. The number of aromatic nitrogens is 1. The predicted molar refractivity (Wildman–Crippen MR) is 82.7 cm³/mol. The predicted octanol–water partition coefficient (Wildman–Crippen LogP) is 2.47. The van der Waals surface area contributed by atoms with Gasteiger partial charge in [-0.15, -0.1) is 0 Å². The van der Waals surface area contributed by atoms with E-state index in [4.69, 9.17) is 9.15 Å². The first-order valence-electron chi connectivity index (χ1n) is 7.59. The minimum absolute atomic E-state index is 0.0925. The second kappa shape index (κ2) is 6.24. The Morgan fingerprint density at radius 2 is 2.00 bits per heavy atom. The van der Waals surface area contributed by atoms with Crippen molar-refractivity contribution in [1.29, 1.82) is 0 Å². The van der Waals surface area contributed by atoms with Crippen LogP contribution in [0.5, 0.6) is 0 Å². The van der Waals surface area contributed by atoms with Crippen LogP contribution in [0.15, 0.2) is 34.7 Å². The van der Waals surface area contributed by atoms with Crippen molar-refractivity contribution < 1.29 is 18.7 Å². The SMILES string of the molecule is Cc1oc(-c2ccccc2)nc1C(=O)O[C@@H](C)C(=O)NC1CC1. The quantitative estimate of drug-likeness (QED) is 0.857. The van der Waals surface area contributed by atoms with Gasteiger partial charge in [-0.3, -0.25) is 4.79 Å². The van der Waals surface area contributed by atoms with E-state index >= 15 is 0 Å². The molecular weight excluding hydrogens is 296 g/mol. The van der Waals surface area contributed by atoms with Gasteiger partial charge in [-0.25, -0.2) is 9.78 Å². The zero-order valence-corrected chi connectivity index (χ0v) is 13.0. The van der Waals surface area contributed by atoms with Crippen LogP contribution in [0.2, 0.25) is 0 Å². The molecule has 1 fully saturated rings. The van der Waals surface area contributed by atoms with Crippen LogP contribution in [0.4, 0.5) is 0 Å². The number of aryl methyl sites for hydroxylation is 1. The number of ether oxygens (including phenoxy) is 1. The molecule has 0 spiro atoms. The molecule has 3 rings (SSSR count). The average molecular weight is 314 g/mol. The van der Waals surface area contributed by atoms with E-state index in [2.05, 4.69) is 10.3 Å². The summed E-state index contributed by atoms with van der Waals surface area (Å²) in [4.78, 5) is 28.2. The Bertz CT molecular complexity index is 719. The number of oxazole rings is 1. The number of hydrogen-bond acceptors (Lipinski definition) is 5. The Balaban J connectivity index is 1.69. The lowest BCUT2D eigenvalue weighted by Crippen LogP contribution is -2.37. The van der Waals surface area contributed by atoms with Crippen LogP contribution in [0.25, 0.3) is 11.5 Å². The molecular formula is C17H18N2O4. The Morgan fingerprint density at radius 1 is 1.30 bits per heavy atom. The molecule has 0 saturated heterocycles. The molecule has 1 aromatic carbocycles. The van der Waals surface area contributed by atoms with E-state index in [0.29, 0.717) is 11.7 Å². The molecule has 1 aliphatic carbocycles. The zero-order chi connectivity index (χ0) is 16.4. The lowest BCUT2D eigenvalue weighted by molar-refractivity contribution is -0.129. The summed E-state index contributed by atoms with van der Waals surface area (Å²) in [6.07, 6.45) is 1.10. The average Bonchev–Trinajstić information content (AvgIpc) is 3.27. The van der Waals surface area contributed by atoms with Gasteiger partial charge in [-0.1, -0.05) is 18.2 Å². The summed E-state index contributed by atoms with van der Waals surface area (Å²) < 4.78 is 10.7. The first kappa shape index (κ1) is 15.3. The van der Waals surface area contributed by atoms with Gasteiger partial charge in [-0.2, -0.15) is 0 Å². The second-order valence-electron chi connectivity index (χ2n) is 5.62. The molecule has 1 amide bonds. The Hall–Kier alpha value is -2.63. The van der Waals surface area contributed by atoms with Gasteiger partial charge in [0.2, 0.25) is 5.89 Å². The highest BCUT2D eigenvalue weighted by atomic mass is 16.5. The number of amides is 1. The molecule has 1 heterocycles. The maximum Gasteiger partial charge on any atom is 0.361 e. The van der Waals surface area contributed by atoms with Crippen LogP contribution < -0.4 is 5.32 Å². The van der Waals surface area contributed by atoms with Crippen molar-refractivity contribution in [2.45, 2.75) is 38.8 Å². The van der Waals surface area contributed by atoms with Crippen molar-refractivity contribution in [3.8, 4) is 11.5 Å². The fourth-order valence-electron chi connectivity index (χ4n) is 2.11. The molecule has 6 nitrogen and oxygen atoms in total. The monoisotopic (exact) mass is 314 g/mol. The Kier molecular flexibility index (Phi) is 4.14. The molecule has 6 heteroatoms. The van der Waals surface area contributed by atoms with Crippen LogP contribution in [-0.4, -0.2) is 29.0 Å². The van der Waals surface area contributed by atoms with Crippen LogP contribution in [0, 0.1) is 6.92 Å². The fraction of sp³-hybridized carbons (Fsp3) is 0.353. The van der Waals surface area contributed by atoms with Gasteiger partial charge in [0.1, 0.15) is 5.76 Å². The topological polar surface area (TPSA) is 81.4 Å². The lowest BCUT2D eigenvalue weighted by Gasteiger charge is -2.12. The minimum atomic E-state index is -0.862. The van der Waals surface area contributed by atoms with Gasteiger partial charge in [-0.05, 0) is 38.8 Å². The molecule has 0 radical (unpaired) electrons. The molecule has 0 unspecified atom stereocenters. The standard InChI is InChI=1S/C17H18N2O4/c1-10-14(19-16(22-10)12-6-4-3-5-7-12)17(21)23-11(2)15(20)18-13-8-9-13/h3-7,11,13H,8-9H2,1-2H3,(H,18,20)/t11-/m0/s1. The van der Waals surface area contributed by atoms with Crippen molar-refractivity contribution in [2.24, 2.45) is 0 Å². The molecule has 1 N–H and O–H groups in total. The van der Waals surface area contributed by atoms with Crippen molar-refractivity contribution in [1.82, 2.24) is 10.3 Å². The van der Waals surface area contributed by atoms with E-state index in [-0.39, 0.29) is 17.6 Å². The van der Waals surface area contributed by atoms with E-state index in [0.717, 1.165) is 18.4 Å². The number of hydrogen-bond donors (Lipinski definition) is 1. The number of carbonyl (C=O) groups is 2. The van der Waals surface area contributed by atoms with Gasteiger partial charge < -0.3 is 14.5 Å². The number of rotatable bonds is 5. The van der Waals surface area contributed by atoms with E-state index in [1.807, 2.05) is 30.3 Å². The molecule has 0 aliphatic heterocycles. The molecule has 1 aromatic heterocycles. The molecule has 1 saturated carbocycles. The van der Waals surface area contributed by atoms with E-state index in [1.165, 1.54) is 0 Å². The Labute approximate surface area is 133 Å². The van der Waals surface area contributed by atoms with E-state index in [9.17, 15) is 9.59 Å². The largest absolute Gasteiger partial charge is 0.448 e. The van der Waals surface area contributed by atoms with Crippen LogP contribution >= 0.6 is 0 Å². The molecule has 1 aliphatic rings. The number of nitrogens with zero attached hydrogens (tertiary/aromatic N) is 1. The summed E-state index contributed by atoms with van der Waals surface area (Å²) in [5.74, 6) is -0.231. The second-order valence-corrected chi connectivity index (χ2v) is 5.62. The third-order valence-electron chi connectivity index (χ3n) is 3.59. The molecule has 23 heavy (non-hydrogen) atoms. The van der Waals surface area contributed by atoms with Crippen molar-refractivity contribution >= 4 is 11.9 Å². The molecule has 0 bridgehead atoms. The van der Waals surface area contributed by atoms with Crippen LogP contribution in [0.1, 0.15) is 36.0 Å². The maximum atomic E-state index is 12.2. The van der Waals surface area contributed by atoms with Gasteiger partial charge in [0, 0.05) is 11.6 Å². The van der Waals surface area contributed by atoms with Gasteiger partial charge in [0.15, 0.2) is 11.8 Å². The number of carbonyl (C=O) groups excluding carboxylic acids is 2. The summed E-state index contributed by atoms with van der Waals surface area (Å²) in [5.41, 5.74) is 0.865. The molecule has 120 valence electrons. The van der Waals surface area contributed by atoms with Gasteiger partial charge in [0.25, 0.3) is 5.91 Å². The van der Waals surface area contributed by atoms with E-state index < -0.39 is 12.1 Å². The Morgan fingerprint density at radius 3 is 2.65 bits per heavy atom. The fourth-order valence-corrected chi connectivity index (χ4v) is 2.11. The van der Waals surface area contributed by atoms with Crippen molar-refractivity contribution in [3.63, 3.8) is 0 Å². The van der Waals surface area contributed by atoms with Crippen LogP contribution in [0.3, 0.4) is 0 Å². The smallest absolute Gasteiger partial charge is 0.361 e. The lowest BCUT2D eigenvalue weighted by atomic mass is 10.2.